The third-order valence-electron chi connectivity index (χ3n) is 4.13. The van der Waals surface area contributed by atoms with E-state index in [-0.39, 0.29) is 11.6 Å². The van der Waals surface area contributed by atoms with Crippen LogP contribution in [0.1, 0.15) is 37.8 Å². The molecule has 3 rings (SSSR count). The van der Waals surface area contributed by atoms with Gasteiger partial charge in [0.15, 0.2) is 11.5 Å². The highest BCUT2D eigenvalue weighted by Gasteiger charge is 2.39. The molecule has 5 nitrogen and oxygen atoms in total. The van der Waals surface area contributed by atoms with E-state index in [4.69, 9.17) is 20.1 Å². The SMILES string of the molecule is CC1(C(NN)c2ccc3c(c2)OCCCO3)CCCO1. The van der Waals surface area contributed by atoms with Gasteiger partial charge in [0.25, 0.3) is 0 Å². The molecule has 2 atom stereocenters. The maximum atomic E-state index is 5.90. The third kappa shape index (κ3) is 2.49. The smallest absolute Gasteiger partial charge is 0.161 e. The monoisotopic (exact) mass is 278 g/mol. The summed E-state index contributed by atoms with van der Waals surface area (Å²) < 4.78 is 17.3. The Labute approximate surface area is 119 Å². The van der Waals surface area contributed by atoms with E-state index in [1.807, 2.05) is 18.2 Å². The molecule has 5 heteroatoms. The van der Waals surface area contributed by atoms with Crippen LogP contribution in [0.5, 0.6) is 11.5 Å². The Balaban J connectivity index is 1.90. The van der Waals surface area contributed by atoms with Gasteiger partial charge in [0.05, 0.1) is 24.9 Å². The number of benzene rings is 1. The van der Waals surface area contributed by atoms with Crippen LogP contribution >= 0.6 is 0 Å². The van der Waals surface area contributed by atoms with Gasteiger partial charge in [-0.15, -0.1) is 0 Å². The third-order valence-corrected chi connectivity index (χ3v) is 4.13. The normalized spacial score (nSPS) is 27.1. The van der Waals surface area contributed by atoms with Gasteiger partial charge in [-0.25, -0.2) is 0 Å². The summed E-state index contributed by atoms with van der Waals surface area (Å²) in [5.41, 5.74) is 3.70. The van der Waals surface area contributed by atoms with E-state index in [1.54, 1.807) is 0 Å². The Morgan fingerprint density at radius 2 is 1.95 bits per heavy atom. The second-order valence-corrected chi connectivity index (χ2v) is 5.62. The minimum absolute atomic E-state index is 0.0536. The molecule has 2 aliphatic rings. The molecule has 1 aromatic rings. The Morgan fingerprint density at radius 3 is 2.65 bits per heavy atom. The van der Waals surface area contributed by atoms with Crippen molar-refractivity contribution >= 4 is 0 Å². The minimum atomic E-state index is -0.269. The number of hydrogen-bond acceptors (Lipinski definition) is 5. The van der Waals surface area contributed by atoms with Crippen LogP contribution in [0, 0.1) is 0 Å². The molecule has 1 aromatic carbocycles. The molecule has 0 radical (unpaired) electrons. The first-order valence-electron chi connectivity index (χ1n) is 7.22. The molecule has 0 bridgehead atoms. The van der Waals surface area contributed by atoms with E-state index in [0.29, 0.717) is 13.2 Å². The fourth-order valence-electron chi connectivity index (χ4n) is 3.01. The average molecular weight is 278 g/mol. The van der Waals surface area contributed by atoms with Crippen molar-refractivity contribution in [1.29, 1.82) is 0 Å². The molecule has 0 amide bonds. The lowest BCUT2D eigenvalue weighted by atomic mass is 9.88. The van der Waals surface area contributed by atoms with Crippen molar-refractivity contribution in [3.63, 3.8) is 0 Å². The first kappa shape index (κ1) is 13.7. The van der Waals surface area contributed by atoms with Crippen molar-refractivity contribution in [2.24, 2.45) is 5.84 Å². The van der Waals surface area contributed by atoms with Crippen molar-refractivity contribution in [1.82, 2.24) is 5.43 Å². The largest absolute Gasteiger partial charge is 0.490 e. The van der Waals surface area contributed by atoms with Gasteiger partial charge in [0.2, 0.25) is 0 Å². The number of rotatable bonds is 3. The molecule has 2 unspecified atom stereocenters. The molecule has 3 N–H and O–H groups in total. The molecule has 1 saturated heterocycles. The Hall–Kier alpha value is -1.30. The predicted molar refractivity (Wildman–Crippen MR) is 75.7 cm³/mol. The number of hydrogen-bond donors (Lipinski definition) is 2. The Kier molecular flexibility index (Phi) is 3.83. The second kappa shape index (κ2) is 5.60. The number of nitrogens with one attached hydrogen (secondary N) is 1. The van der Waals surface area contributed by atoms with E-state index in [1.165, 1.54) is 0 Å². The summed E-state index contributed by atoms with van der Waals surface area (Å²) in [4.78, 5) is 0. The molecule has 110 valence electrons. The lowest BCUT2D eigenvalue weighted by Gasteiger charge is -2.33. The van der Waals surface area contributed by atoms with E-state index in [9.17, 15) is 0 Å². The summed E-state index contributed by atoms with van der Waals surface area (Å²) in [6, 6.07) is 5.95. The van der Waals surface area contributed by atoms with Crippen molar-refractivity contribution in [2.45, 2.75) is 37.8 Å². The van der Waals surface area contributed by atoms with Gasteiger partial charge < -0.3 is 14.2 Å². The number of hydrazine groups is 1. The molecule has 0 aromatic heterocycles. The van der Waals surface area contributed by atoms with Crippen molar-refractivity contribution in [2.75, 3.05) is 19.8 Å². The van der Waals surface area contributed by atoms with Crippen LogP contribution in [-0.4, -0.2) is 25.4 Å². The van der Waals surface area contributed by atoms with Crippen LogP contribution in [0.2, 0.25) is 0 Å². The van der Waals surface area contributed by atoms with Gasteiger partial charge >= 0.3 is 0 Å². The van der Waals surface area contributed by atoms with Gasteiger partial charge in [-0.2, -0.15) is 0 Å². The fraction of sp³-hybridized carbons (Fsp3) is 0.600. The van der Waals surface area contributed by atoms with Crippen LogP contribution in [0.15, 0.2) is 18.2 Å². The summed E-state index contributed by atoms with van der Waals surface area (Å²) in [5, 5.41) is 0. The molecule has 0 spiro atoms. The standard InChI is InChI=1S/C15H22N2O3/c1-15(6-2-9-20-15)14(17-16)11-4-5-12-13(10-11)19-8-3-7-18-12/h4-5,10,14,17H,2-3,6-9,16H2,1H3. The van der Waals surface area contributed by atoms with Gasteiger partial charge in [0.1, 0.15) is 0 Å². The zero-order valence-corrected chi connectivity index (χ0v) is 11.9. The highest BCUT2D eigenvalue weighted by atomic mass is 16.5. The highest BCUT2D eigenvalue weighted by Crippen LogP contribution is 2.40. The number of nitrogens with two attached hydrogens (primary N) is 1. The van der Waals surface area contributed by atoms with E-state index >= 15 is 0 Å². The molecule has 2 heterocycles. The van der Waals surface area contributed by atoms with E-state index in [2.05, 4.69) is 12.3 Å². The van der Waals surface area contributed by atoms with Crippen LogP contribution in [0.3, 0.4) is 0 Å². The van der Waals surface area contributed by atoms with Gasteiger partial charge in [-0.1, -0.05) is 6.07 Å². The molecule has 0 saturated carbocycles. The second-order valence-electron chi connectivity index (χ2n) is 5.62. The molecule has 1 fully saturated rings. The van der Waals surface area contributed by atoms with Gasteiger partial charge in [-0.3, -0.25) is 11.3 Å². The zero-order valence-electron chi connectivity index (χ0n) is 11.9. The summed E-state index contributed by atoms with van der Waals surface area (Å²) in [6.07, 6.45) is 2.97. The molecule has 0 aliphatic carbocycles. The van der Waals surface area contributed by atoms with Crippen molar-refractivity contribution < 1.29 is 14.2 Å². The summed E-state index contributed by atoms with van der Waals surface area (Å²) in [7, 11) is 0. The van der Waals surface area contributed by atoms with E-state index < -0.39 is 0 Å². The van der Waals surface area contributed by atoms with E-state index in [0.717, 1.165) is 42.9 Å². The minimum Gasteiger partial charge on any atom is -0.490 e. The zero-order chi connectivity index (χ0) is 14.0. The lowest BCUT2D eigenvalue weighted by Crippen LogP contribution is -2.44. The van der Waals surface area contributed by atoms with Crippen molar-refractivity contribution in [3.8, 4) is 11.5 Å². The summed E-state index contributed by atoms with van der Waals surface area (Å²) >= 11 is 0. The van der Waals surface area contributed by atoms with Crippen LogP contribution < -0.4 is 20.7 Å². The molecular formula is C15H22N2O3. The Morgan fingerprint density at radius 1 is 1.15 bits per heavy atom. The number of ether oxygens (including phenoxy) is 3. The van der Waals surface area contributed by atoms with Crippen LogP contribution in [-0.2, 0) is 4.74 Å². The molecular weight excluding hydrogens is 256 g/mol. The number of fused-ring (bicyclic) bond motifs is 1. The maximum absolute atomic E-state index is 5.90. The topological polar surface area (TPSA) is 65.7 Å². The maximum Gasteiger partial charge on any atom is 0.161 e. The highest BCUT2D eigenvalue weighted by molar-refractivity contribution is 5.44. The quantitative estimate of drug-likeness (QED) is 0.653. The summed E-state index contributed by atoms with van der Waals surface area (Å²) in [5.74, 6) is 7.37. The average Bonchev–Trinajstić information content (AvgIpc) is 2.75. The first-order valence-corrected chi connectivity index (χ1v) is 7.22. The van der Waals surface area contributed by atoms with Gasteiger partial charge in [0, 0.05) is 13.0 Å². The molecule has 20 heavy (non-hydrogen) atoms. The van der Waals surface area contributed by atoms with Crippen LogP contribution in [0.25, 0.3) is 0 Å². The summed E-state index contributed by atoms with van der Waals surface area (Å²) in [6.45, 7) is 4.28. The predicted octanol–water partition coefficient (Wildman–Crippen LogP) is 1.92. The molecule has 2 aliphatic heterocycles. The van der Waals surface area contributed by atoms with Crippen LogP contribution in [0.4, 0.5) is 0 Å². The fourth-order valence-corrected chi connectivity index (χ4v) is 3.01. The van der Waals surface area contributed by atoms with Crippen molar-refractivity contribution in [3.05, 3.63) is 23.8 Å². The Bertz CT molecular complexity index is 472. The van der Waals surface area contributed by atoms with Gasteiger partial charge in [-0.05, 0) is 37.5 Å². The first-order chi connectivity index (χ1) is 9.73. The lowest BCUT2D eigenvalue weighted by molar-refractivity contribution is -0.0126.